The van der Waals surface area contributed by atoms with E-state index in [2.05, 4.69) is 128 Å². The molecule has 0 bridgehead atoms. The van der Waals surface area contributed by atoms with E-state index < -0.39 is 0 Å². The summed E-state index contributed by atoms with van der Waals surface area (Å²) in [5.74, 6) is 0.155. The SMILES string of the molecule is C[N+]1=C(/C=C/C=C/C=C2/N(CCCCCC(=O)NCCCCN)c3ccccc3C2(C)C)C(C)(C)c2ccccc21. The largest absolute Gasteiger partial charge is 0.356 e. The number of para-hydroxylation sites is 2. The summed E-state index contributed by atoms with van der Waals surface area (Å²) in [7, 11) is 2.16. The Kier molecular flexibility index (Phi) is 10.0. The predicted molar refractivity (Wildman–Crippen MR) is 173 cm³/mol. The number of fused-ring (bicyclic) bond motifs is 2. The molecule has 4 rings (SSSR count). The summed E-state index contributed by atoms with van der Waals surface area (Å²) in [6.07, 6.45) is 16.5. The van der Waals surface area contributed by atoms with Crippen molar-refractivity contribution in [2.45, 2.75) is 77.0 Å². The molecule has 5 heteroatoms. The van der Waals surface area contributed by atoms with Gasteiger partial charge in [0.25, 0.3) is 0 Å². The van der Waals surface area contributed by atoms with Crippen LogP contribution in [-0.2, 0) is 15.6 Å². The number of amides is 1. The molecule has 0 radical (unpaired) electrons. The molecular weight excluding hydrogens is 504 g/mol. The second kappa shape index (κ2) is 13.5. The summed E-state index contributed by atoms with van der Waals surface area (Å²) in [5.41, 5.74) is 13.4. The van der Waals surface area contributed by atoms with Gasteiger partial charge in [-0.2, -0.15) is 4.58 Å². The Hall–Kier alpha value is -3.44. The van der Waals surface area contributed by atoms with E-state index in [1.165, 1.54) is 33.9 Å². The van der Waals surface area contributed by atoms with Crippen LogP contribution in [0.25, 0.3) is 0 Å². The normalized spacial score (nSPS) is 18.1. The first-order valence-electron chi connectivity index (χ1n) is 15.3. The minimum absolute atomic E-state index is 0.0226. The van der Waals surface area contributed by atoms with Crippen LogP contribution >= 0.6 is 0 Å². The van der Waals surface area contributed by atoms with Gasteiger partial charge in [0.15, 0.2) is 5.71 Å². The molecule has 0 atom stereocenters. The third-order valence-electron chi connectivity index (χ3n) is 8.71. The summed E-state index contributed by atoms with van der Waals surface area (Å²) in [4.78, 5) is 14.6. The van der Waals surface area contributed by atoms with Gasteiger partial charge in [0, 0.05) is 54.0 Å². The molecule has 41 heavy (non-hydrogen) atoms. The molecule has 2 aromatic rings. The van der Waals surface area contributed by atoms with Crippen LogP contribution in [0.2, 0.25) is 0 Å². The Morgan fingerprint density at radius 1 is 0.878 bits per heavy atom. The van der Waals surface area contributed by atoms with E-state index in [0.717, 1.165) is 45.2 Å². The fourth-order valence-electron chi connectivity index (χ4n) is 6.36. The Balaban J connectivity index is 1.40. The zero-order chi connectivity index (χ0) is 29.5. The Labute approximate surface area is 247 Å². The number of hydrogen-bond donors (Lipinski definition) is 2. The number of hydrogen-bond acceptors (Lipinski definition) is 3. The summed E-state index contributed by atoms with van der Waals surface area (Å²) in [6, 6.07) is 17.4. The molecule has 0 saturated heterocycles. The minimum Gasteiger partial charge on any atom is -0.356 e. The molecule has 2 heterocycles. The van der Waals surface area contributed by atoms with Gasteiger partial charge in [0.1, 0.15) is 7.05 Å². The molecule has 3 N–H and O–H groups in total. The van der Waals surface area contributed by atoms with Crippen LogP contribution in [0.3, 0.4) is 0 Å². The average molecular weight is 554 g/mol. The lowest BCUT2D eigenvalue weighted by Gasteiger charge is -2.27. The highest BCUT2D eigenvalue weighted by Crippen LogP contribution is 2.47. The molecule has 0 unspecified atom stereocenters. The zero-order valence-electron chi connectivity index (χ0n) is 25.7. The van der Waals surface area contributed by atoms with Gasteiger partial charge in [-0.1, -0.05) is 74.9 Å². The van der Waals surface area contributed by atoms with Gasteiger partial charge >= 0.3 is 0 Å². The fourth-order valence-corrected chi connectivity index (χ4v) is 6.36. The monoisotopic (exact) mass is 553 g/mol. The first kappa shape index (κ1) is 30.5. The highest BCUT2D eigenvalue weighted by Gasteiger charge is 2.42. The predicted octanol–water partition coefficient (Wildman–Crippen LogP) is 6.90. The molecule has 5 nitrogen and oxygen atoms in total. The lowest BCUT2D eigenvalue weighted by Crippen LogP contribution is -2.27. The maximum atomic E-state index is 12.1. The summed E-state index contributed by atoms with van der Waals surface area (Å²) < 4.78 is 2.31. The molecule has 0 saturated carbocycles. The van der Waals surface area contributed by atoms with Gasteiger partial charge in [0.05, 0.1) is 5.41 Å². The van der Waals surface area contributed by atoms with Crippen molar-refractivity contribution < 1.29 is 9.37 Å². The van der Waals surface area contributed by atoms with Crippen LogP contribution in [0.1, 0.15) is 77.3 Å². The second-order valence-corrected chi connectivity index (χ2v) is 12.3. The van der Waals surface area contributed by atoms with E-state index in [-0.39, 0.29) is 16.7 Å². The number of nitrogens with one attached hydrogen (secondary N) is 1. The van der Waals surface area contributed by atoms with Gasteiger partial charge in [-0.25, -0.2) is 0 Å². The number of allylic oxidation sites excluding steroid dienone is 6. The van der Waals surface area contributed by atoms with E-state index >= 15 is 0 Å². The number of nitrogens with two attached hydrogens (primary N) is 1. The second-order valence-electron chi connectivity index (χ2n) is 12.3. The maximum Gasteiger partial charge on any atom is 0.219 e. The third-order valence-corrected chi connectivity index (χ3v) is 8.71. The molecule has 1 amide bonds. The van der Waals surface area contributed by atoms with E-state index in [1.807, 2.05) is 0 Å². The zero-order valence-corrected chi connectivity index (χ0v) is 25.7. The van der Waals surface area contributed by atoms with Gasteiger partial charge in [-0.15, -0.1) is 0 Å². The number of carbonyl (C=O) groups is 1. The topological polar surface area (TPSA) is 61.4 Å². The lowest BCUT2D eigenvalue weighted by atomic mass is 9.81. The first-order chi connectivity index (χ1) is 19.7. The number of unbranched alkanes of at least 4 members (excludes halogenated alkanes) is 3. The van der Waals surface area contributed by atoms with Gasteiger partial charge in [-0.05, 0) is 63.8 Å². The molecule has 2 aliphatic heterocycles. The van der Waals surface area contributed by atoms with Gasteiger partial charge in [0.2, 0.25) is 11.6 Å². The van der Waals surface area contributed by atoms with E-state index in [4.69, 9.17) is 5.73 Å². The van der Waals surface area contributed by atoms with Crippen molar-refractivity contribution in [1.29, 1.82) is 0 Å². The Morgan fingerprint density at radius 2 is 1.61 bits per heavy atom. The average Bonchev–Trinajstić information content (AvgIpc) is 3.29. The number of benzene rings is 2. The number of nitrogens with zero attached hydrogens (tertiary/aromatic N) is 2. The van der Waals surface area contributed by atoms with Crippen LogP contribution in [0.15, 0.2) is 84.6 Å². The third kappa shape index (κ3) is 6.73. The molecule has 0 aromatic heterocycles. The molecule has 2 aliphatic rings. The van der Waals surface area contributed by atoms with Crippen molar-refractivity contribution in [2.75, 3.05) is 31.6 Å². The van der Waals surface area contributed by atoms with Crippen molar-refractivity contribution in [3.05, 3.63) is 95.7 Å². The first-order valence-corrected chi connectivity index (χ1v) is 15.3. The van der Waals surface area contributed by atoms with E-state index in [1.54, 1.807) is 0 Å². The van der Waals surface area contributed by atoms with Crippen molar-refractivity contribution in [3.8, 4) is 0 Å². The van der Waals surface area contributed by atoms with E-state index in [0.29, 0.717) is 13.0 Å². The minimum atomic E-state index is -0.0713. The quantitative estimate of drug-likeness (QED) is 0.161. The fraction of sp³-hybridized carbons (Fsp3) is 0.444. The van der Waals surface area contributed by atoms with Crippen LogP contribution in [0, 0.1) is 0 Å². The molecular formula is C36H49N4O+. The van der Waals surface area contributed by atoms with Crippen molar-refractivity contribution >= 4 is 23.0 Å². The van der Waals surface area contributed by atoms with Crippen LogP contribution < -0.4 is 16.0 Å². The Bertz CT molecular complexity index is 1340. The lowest BCUT2D eigenvalue weighted by molar-refractivity contribution is -0.401. The molecule has 0 aliphatic carbocycles. The van der Waals surface area contributed by atoms with Gasteiger partial charge < -0.3 is 16.0 Å². The molecule has 2 aromatic carbocycles. The molecule has 218 valence electrons. The highest BCUT2D eigenvalue weighted by atomic mass is 16.1. The molecule has 0 spiro atoms. The van der Waals surface area contributed by atoms with Gasteiger partial charge in [-0.3, -0.25) is 4.79 Å². The summed E-state index contributed by atoms with van der Waals surface area (Å²) in [6.45, 7) is 11.6. The highest BCUT2D eigenvalue weighted by molar-refractivity contribution is 6.03. The van der Waals surface area contributed by atoms with E-state index in [9.17, 15) is 4.79 Å². The van der Waals surface area contributed by atoms with Crippen LogP contribution in [0.5, 0.6) is 0 Å². The smallest absolute Gasteiger partial charge is 0.219 e. The van der Waals surface area contributed by atoms with Crippen LogP contribution in [0.4, 0.5) is 11.4 Å². The van der Waals surface area contributed by atoms with Crippen molar-refractivity contribution in [3.63, 3.8) is 0 Å². The van der Waals surface area contributed by atoms with Crippen LogP contribution in [-0.4, -0.2) is 42.9 Å². The van der Waals surface area contributed by atoms with Crippen molar-refractivity contribution in [1.82, 2.24) is 5.32 Å². The number of rotatable bonds is 13. The Morgan fingerprint density at radius 3 is 2.37 bits per heavy atom. The number of carbonyl (C=O) groups excluding carboxylic acids is 1. The standard InChI is InChI=1S/C36H48N4O/c1-35(2)28-18-11-13-20-30(28)39(5)32(35)22-8-6-9-23-33-36(3,4)29-19-12-14-21-31(29)40(33)27-17-7-10-24-34(41)38-26-16-15-25-37/h6,8-9,11-14,18-23H,7,10,15-17,24-27,37H2,1-5H3/p+1. The summed E-state index contributed by atoms with van der Waals surface area (Å²) in [5, 5.41) is 3.01. The maximum absolute atomic E-state index is 12.1. The number of anilines is 1. The van der Waals surface area contributed by atoms with Crippen molar-refractivity contribution in [2.24, 2.45) is 5.73 Å². The summed E-state index contributed by atoms with van der Waals surface area (Å²) >= 11 is 0. The molecule has 0 fully saturated rings.